The quantitative estimate of drug-likeness (QED) is 0.540. The van der Waals surface area contributed by atoms with Crippen molar-refractivity contribution in [3.63, 3.8) is 0 Å². The summed E-state index contributed by atoms with van der Waals surface area (Å²) in [5, 5.41) is 0. The summed E-state index contributed by atoms with van der Waals surface area (Å²) in [4.78, 5) is 0.662. The molecule has 0 aliphatic carbocycles. The minimum absolute atomic E-state index is 0. The van der Waals surface area contributed by atoms with Gasteiger partial charge >= 0.3 is 17.1 Å². The second-order valence-electron chi connectivity index (χ2n) is 3.10. The van der Waals surface area contributed by atoms with E-state index in [-0.39, 0.29) is 28.0 Å². The molecule has 0 heterocycles. The Labute approximate surface area is 138 Å². The van der Waals surface area contributed by atoms with E-state index in [4.69, 9.17) is 0 Å². The second-order valence-corrected chi connectivity index (χ2v) is 4.98. The second kappa shape index (κ2) is 14.1. The van der Waals surface area contributed by atoms with Crippen molar-refractivity contribution in [2.75, 3.05) is 0 Å². The molecular weight excluding hydrogens is 368 g/mol. The van der Waals surface area contributed by atoms with E-state index in [2.05, 4.69) is 0 Å². The van der Waals surface area contributed by atoms with Crippen LogP contribution in [0.1, 0.15) is 0 Å². The Morgan fingerprint density at radius 3 is 1.00 bits per heavy atom. The summed E-state index contributed by atoms with van der Waals surface area (Å²) in [6.45, 7) is 0. The van der Waals surface area contributed by atoms with E-state index in [0.717, 1.165) is 0 Å². The smallest absolute Gasteiger partial charge is 0.768 e. The maximum atomic E-state index is 10.2. The Morgan fingerprint density at radius 2 is 0.857 bits per heavy atom. The van der Waals surface area contributed by atoms with Gasteiger partial charge in [0.05, 0.1) is 0 Å². The molecule has 2 unspecified atom stereocenters. The number of hydrogen-bond acceptors (Lipinski definition) is 4. The van der Waals surface area contributed by atoms with Crippen LogP contribution in [0, 0.1) is 0 Å². The Balaban J connectivity index is -0.000000270. The van der Waals surface area contributed by atoms with E-state index < -0.39 is 22.2 Å². The summed E-state index contributed by atoms with van der Waals surface area (Å²) in [6.07, 6.45) is 0. The summed E-state index contributed by atoms with van der Waals surface area (Å²) in [6, 6.07) is 16.5. The molecule has 0 aliphatic rings. The normalized spacial score (nSPS) is 11.1. The Kier molecular flexibility index (Phi) is 16.8. The van der Waals surface area contributed by atoms with Crippen molar-refractivity contribution in [3.8, 4) is 0 Å². The van der Waals surface area contributed by atoms with Gasteiger partial charge in [-0.15, -0.1) is 0 Å². The molecular formula is C12H14CuO6S2. The number of rotatable bonds is 2. The van der Waals surface area contributed by atoms with Gasteiger partial charge in [-0.25, -0.2) is 0 Å². The zero-order chi connectivity index (χ0) is 13.4. The van der Waals surface area contributed by atoms with Crippen LogP contribution in [0.25, 0.3) is 0 Å². The van der Waals surface area contributed by atoms with Gasteiger partial charge in [0.1, 0.15) is 0 Å². The average Bonchev–Trinajstić information content (AvgIpc) is 2.41. The van der Waals surface area contributed by atoms with Crippen LogP contribution in [-0.4, -0.2) is 28.5 Å². The van der Waals surface area contributed by atoms with Gasteiger partial charge in [0, 0.05) is 9.79 Å². The first kappa shape index (κ1) is 25.1. The molecule has 2 aromatic carbocycles. The van der Waals surface area contributed by atoms with Gasteiger partial charge in [-0.2, -0.15) is 0 Å². The molecule has 1 radical (unpaired) electrons. The summed E-state index contributed by atoms with van der Waals surface area (Å²) >= 11 is -4.16. The van der Waals surface area contributed by atoms with Crippen LogP contribution >= 0.6 is 0 Å². The van der Waals surface area contributed by atoms with Crippen molar-refractivity contribution >= 4 is 22.2 Å². The fourth-order valence-corrected chi connectivity index (χ4v) is 1.82. The Bertz CT molecular complexity index is 474. The fraction of sp³-hybridized carbons (Fsp3) is 0. The maximum Gasteiger partial charge on any atom is 2.00 e. The largest absolute Gasteiger partial charge is 2.00 e. The molecule has 6 nitrogen and oxygen atoms in total. The topological polar surface area (TPSA) is 143 Å². The van der Waals surface area contributed by atoms with Gasteiger partial charge < -0.3 is 20.1 Å². The third kappa shape index (κ3) is 10.5. The van der Waals surface area contributed by atoms with Gasteiger partial charge in [0.15, 0.2) is 0 Å². The average molecular weight is 382 g/mol. The first-order valence-electron chi connectivity index (χ1n) is 4.90. The first-order valence-corrected chi connectivity index (χ1v) is 7.05. The van der Waals surface area contributed by atoms with E-state index in [0.29, 0.717) is 9.79 Å². The predicted octanol–water partition coefficient (Wildman–Crippen LogP) is 0.197. The molecule has 21 heavy (non-hydrogen) atoms. The van der Waals surface area contributed by atoms with Crippen molar-refractivity contribution in [1.82, 2.24) is 0 Å². The summed E-state index contributed by atoms with van der Waals surface area (Å²) < 4.78 is 40.8. The van der Waals surface area contributed by atoms with Crippen molar-refractivity contribution in [1.29, 1.82) is 0 Å². The zero-order valence-corrected chi connectivity index (χ0v) is 13.1. The fourth-order valence-electron chi connectivity index (χ4n) is 1.06. The molecule has 0 aliphatic heterocycles. The minimum atomic E-state index is -2.08. The van der Waals surface area contributed by atoms with E-state index >= 15 is 0 Å². The van der Waals surface area contributed by atoms with Crippen LogP contribution in [0.2, 0.25) is 0 Å². The van der Waals surface area contributed by atoms with Gasteiger partial charge in [-0.3, -0.25) is 8.42 Å². The third-order valence-corrected chi connectivity index (χ3v) is 3.19. The standard InChI is InChI=1S/2C6H6O2S.Cu.2H2O/c2*7-9(8)6-4-2-1-3-5-6;;;/h2*1-5H,(H,7,8);;2*1H2/q;;+2;;/p-2. The number of benzene rings is 2. The van der Waals surface area contributed by atoms with Crippen molar-refractivity contribution in [2.24, 2.45) is 0 Å². The molecule has 121 valence electrons. The van der Waals surface area contributed by atoms with Crippen molar-refractivity contribution in [2.45, 2.75) is 9.79 Å². The van der Waals surface area contributed by atoms with Gasteiger partial charge in [0.2, 0.25) is 0 Å². The van der Waals surface area contributed by atoms with Crippen LogP contribution in [-0.2, 0) is 39.2 Å². The molecule has 0 bridgehead atoms. The first-order chi connectivity index (χ1) is 8.61. The van der Waals surface area contributed by atoms with Crippen LogP contribution in [0.4, 0.5) is 0 Å². The van der Waals surface area contributed by atoms with Crippen LogP contribution in [0.5, 0.6) is 0 Å². The molecule has 0 amide bonds. The Hall–Kier alpha value is -0.901. The van der Waals surface area contributed by atoms with Crippen molar-refractivity contribution in [3.05, 3.63) is 60.7 Å². The van der Waals surface area contributed by atoms with Gasteiger partial charge in [-0.1, -0.05) is 36.4 Å². The van der Waals surface area contributed by atoms with Gasteiger partial charge in [0.25, 0.3) is 0 Å². The molecule has 0 fully saturated rings. The van der Waals surface area contributed by atoms with Gasteiger partial charge in [-0.05, 0) is 46.4 Å². The zero-order valence-electron chi connectivity index (χ0n) is 10.5. The van der Waals surface area contributed by atoms with E-state index in [1.54, 1.807) is 60.7 Å². The molecule has 0 aromatic heterocycles. The summed E-state index contributed by atoms with van der Waals surface area (Å²) in [5.41, 5.74) is 0. The minimum Gasteiger partial charge on any atom is -0.768 e. The van der Waals surface area contributed by atoms with Crippen molar-refractivity contribution < 1.29 is 45.5 Å². The third-order valence-electron chi connectivity index (χ3n) is 1.87. The molecule has 0 spiro atoms. The van der Waals surface area contributed by atoms with Crippen LogP contribution < -0.4 is 0 Å². The maximum absolute atomic E-state index is 10.2. The monoisotopic (exact) mass is 381 g/mol. The molecule has 4 N–H and O–H groups in total. The summed E-state index contributed by atoms with van der Waals surface area (Å²) in [7, 11) is 0. The van der Waals surface area contributed by atoms with E-state index in [1.807, 2.05) is 0 Å². The van der Waals surface area contributed by atoms with Crippen LogP contribution in [0.3, 0.4) is 0 Å². The van der Waals surface area contributed by atoms with E-state index in [1.165, 1.54) is 0 Å². The molecule has 2 aromatic rings. The molecule has 2 rings (SSSR count). The predicted molar refractivity (Wildman–Crippen MR) is 74.5 cm³/mol. The molecule has 2 atom stereocenters. The molecule has 0 saturated carbocycles. The Morgan fingerprint density at radius 1 is 0.619 bits per heavy atom. The molecule has 9 heteroatoms. The SMILES string of the molecule is O.O.O=S([O-])c1ccccc1.O=S([O-])c1ccccc1.[Cu+2]. The van der Waals surface area contributed by atoms with E-state index in [9.17, 15) is 17.5 Å². The van der Waals surface area contributed by atoms with Crippen LogP contribution in [0.15, 0.2) is 70.5 Å². The molecule has 0 saturated heterocycles. The number of hydrogen-bond donors (Lipinski definition) is 0. The summed E-state index contributed by atoms with van der Waals surface area (Å²) in [5.74, 6) is 0.